The molecule has 0 spiro atoms. The number of piperidine rings is 1. The molecular weight excluding hydrogens is 220 g/mol. The third-order valence-electron chi connectivity index (χ3n) is 4.32. The smallest absolute Gasteiger partial charge is 0.235 e. The summed E-state index contributed by atoms with van der Waals surface area (Å²) in [7, 11) is 0. The Morgan fingerprint density at radius 2 is 1.28 bits per heavy atom. The average Bonchev–Trinajstić information content (AvgIpc) is 2.13. The van der Waals surface area contributed by atoms with Gasteiger partial charge in [0.2, 0.25) is 6.34 Å². The number of rotatable bonds is 3. The Hall–Kier alpha value is -0.530. The van der Waals surface area contributed by atoms with Gasteiger partial charge < -0.3 is 0 Å². The van der Waals surface area contributed by atoms with E-state index in [2.05, 4.69) is 71.2 Å². The number of nitrogens with zero attached hydrogens (tertiary/aromatic N) is 2. The second-order valence-corrected chi connectivity index (χ2v) is 7.60. The first-order chi connectivity index (χ1) is 8.08. The second kappa shape index (κ2) is 5.22. The lowest BCUT2D eigenvalue weighted by Crippen LogP contribution is -2.59. The van der Waals surface area contributed by atoms with Crippen molar-refractivity contribution < 1.29 is 4.58 Å². The van der Waals surface area contributed by atoms with Crippen LogP contribution in [0.25, 0.3) is 0 Å². The van der Waals surface area contributed by atoms with Crippen LogP contribution in [-0.4, -0.2) is 39.0 Å². The summed E-state index contributed by atoms with van der Waals surface area (Å²) < 4.78 is 2.48. The molecule has 2 heteroatoms. The molecule has 0 amide bonds. The zero-order valence-electron chi connectivity index (χ0n) is 13.7. The van der Waals surface area contributed by atoms with Gasteiger partial charge in [0.1, 0.15) is 11.1 Å². The van der Waals surface area contributed by atoms with E-state index in [9.17, 15) is 0 Å². The lowest BCUT2D eigenvalue weighted by Gasteiger charge is -2.47. The number of hydrogen-bond acceptors (Lipinski definition) is 0. The molecule has 1 saturated heterocycles. The Kier molecular flexibility index (Phi) is 4.51. The van der Waals surface area contributed by atoms with E-state index in [1.165, 1.54) is 19.3 Å². The molecule has 0 aromatic rings. The van der Waals surface area contributed by atoms with Gasteiger partial charge in [-0.25, -0.2) is 0 Å². The molecule has 1 fully saturated rings. The first kappa shape index (κ1) is 15.5. The topological polar surface area (TPSA) is 6.25 Å². The highest BCUT2D eigenvalue weighted by atomic mass is 15.3. The summed E-state index contributed by atoms with van der Waals surface area (Å²) in [6, 6.07) is 1.11. The van der Waals surface area contributed by atoms with E-state index >= 15 is 0 Å². The molecule has 0 radical (unpaired) electrons. The molecule has 0 unspecified atom stereocenters. The SMILES string of the molecule is CC(C)[N+](=CN1C(C)(C)CCCC1(C)C)C(C)C. The molecule has 1 aliphatic rings. The zero-order valence-corrected chi connectivity index (χ0v) is 13.7. The molecule has 0 atom stereocenters. The second-order valence-electron chi connectivity index (χ2n) is 7.60. The molecule has 1 heterocycles. The van der Waals surface area contributed by atoms with Crippen LogP contribution in [0, 0.1) is 0 Å². The standard InChI is InChI=1S/C16H33N2/c1-13(2)17(14(3)4)12-18-15(5,6)10-9-11-16(18,7)8/h12-14H,9-11H2,1-8H3/q+1. The fourth-order valence-corrected chi connectivity index (χ4v) is 3.32. The van der Waals surface area contributed by atoms with E-state index in [4.69, 9.17) is 0 Å². The molecule has 0 saturated carbocycles. The van der Waals surface area contributed by atoms with E-state index in [0.717, 1.165) is 0 Å². The van der Waals surface area contributed by atoms with E-state index in [-0.39, 0.29) is 11.1 Å². The Bertz CT molecular complexity index is 285. The Morgan fingerprint density at radius 3 is 1.61 bits per heavy atom. The summed E-state index contributed by atoms with van der Waals surface area (Å²) in [6.45, 7) is 18.6. The van der Waals surface area contributed by atoms with Crippen LogP contribution >= 0.6 is 0 Å². The maximum absolute atomic E-state index is 2.60. The highest BCUT2D eigenvalue weighted by Crippen LogP contribution is 2.36. The fraction of sp³-hybridized carbons (Fsp3) is 0.938. The minimum absolute atomic E-state index is 0.268. The molecule has 18 heavy (non-hydrogen) atoms. The lowest BCUT2D eigenvalue weighted by molar-refractivity contribution is -0.588. The van der Waals surface area contributed by atoms with Gasteiger partial charge in [-0.2, -0.15) is 0 Å². The van der Waals surface area contributed by atoms with Gasteiger partial charge in [-0.05, 0) is 74.7 Å². The van der Waals surface area contributed by atoms with E-state index in [0.29, 0.717) is 12.1 Å². The third-order valence-corrected chi connectivity index (χ3v) is 4.32. The summed E-state index contributed by atoms with van der Waals surface area (Å²) in [5, 5.41) is 0. The molecule has 0 aliphatic carbocycles. The van der Waals surface area contributed by atoms with Crippen molar-refractivity contribution in [2.24, 2.45) is 0 Å². The number of likely N-dealkylation sites (tertiary alicyclic amines) is 1. The normalized spacial score (nSPS) is 22.4. The van der Waals surface area contributed by atoms with Gasteiger partial charge in [0.25, 0.3) is 0 Å². The monoisotopic (exact) mass is 253 g/mol. The molecule has 0 N–H and O–H groups in total. The Labute approximate surface area is 114 Å². The molecule has 106 valence electrons. The summed E-state index contributed by atoms with van der Waals surface area (Å²) in [6.07, 6.45) is 6.32. The summed E-state index contributed by atoms with van der Waals surface area (Å²) in [4.78, 5) is 2.60. The van der Waals surface area contributed by atoms with Crippen molar-refractivity contribution in [2.75, 3.05) is 0 Å². The van der Waals surface area contributed by atoms with Gasteiger partial charge in [0, 0.05) is 0 Å². The van der Waals surface area contributed by atoms with Crippen molar-refractivity contribution in [1.29, 1.82) is 0 Å². The molecule has 0 aromatic carbocycles. The molecule has 2 nitrogen and oxygen atoms in total. The predicted octanol–water partition coefficient (Wildman–Crippen LogP) is 3.89. The molecular formula is C16H33N2+. The van der Waals surface area contributed by atoms with Crippen molar-refractivity contribution in [3.05, 3.63) is 0 Å². The van der Waals surface area contributed by atoms with Crippen molar-refractivity contribution in [3.63, 3.8) is 0 Å². The van der Waals surface area contributed by atoms with Gasteiger partial charge in [-0.15, -0.1) is 0 Å². The van der Waals surface area contributed by atoms with E-state index in [1.54, 1.807) is 0 Å². The third kappa shape index (κ3) is 3.27. The van der Waals surface area contributed by atoms with Crippen molar-refractivity contribution in [3.8, 4) is 0 Å². The lowest BCUT2D eigenvalue weighted by atomic mass is 9.80. The highest BCUT2D eigenvalue weighted by Gasteiger charge is 2.45. The molecule has 0 bridgehead atoms. The fourth-order valence-electron chi connectivity index (χ4n) is 3.32. The van der Waals surface area contributed by atoms with Gasteiger partial charge in [-0.1, -0.05) is 0 Å². The van der Waals surface area contributed by atoms with Crippen LogP contribution in [-0.2, 0) is 0 Å². The Balaban J connectivity index is 3.13. The van der Waals surface area contributed by atoms with Crippen molar-refractivity contribution in [1.82, 2.24) is 4.90 Å². The maximum Gasteiger partial charge on any atom is 0.235 e. The van der Waals surface area contributed by atoms with Crippen LogP contribution < -0.4 is 0 Å². The van der Waals surface area contributed by atoms with Crippen molar-refractivity contribution >= 4 is 6.34 Å². The number of hydrogen-bond donors (Lipinski definition) is 0. The van der Waals surface area contributed by atoms with Gasteiger partial charge in [-0.3, -0.25) is 9.48 Å². The van der Waals surface area contributed by atoms with Crippen LogP contribution in [0.1, 0.15) is 74.7 Å². The molecule has 0 aromatic heterocycles. The van der Waals surface area contributed by atoms with Gasteiger partial charge >= 0.3 is 0 Å². The van der Waals surface area contributed by atoms with Crippen molar-refractivity contribution in [2.45, 2.75) is 97.8 Å². The minimum Gasteiger partial charge on any atom is -0.264 e. The predicted molar refractivity (Wildman–Crippen MR) is 80.4 cm³/mol. The first-order valence-electron chi connectivity index (χ1n) is 7.50. The van der Waals surface area contributed by atoms with E-state index in [1.807, 2.05) is 0 Å². The van der Waals surface area contributed by atoms with Crippen LogP contribution in [0.4, 0.5) is 0 Å². The molecule has 1 rings (SSSR count). The summed E-state index contributed by atoms with van der Waals surface area (Å²) >= 11 is 0. The van der Waals surface area contributed by atoms with Gasteiger partial charge in [0.15, 0.2) is 0 Å². The van der Waals surface area contributed by atoms with Crippen LogP contribution in [0.3, 0.4) is 0 Å². The van der Waals surface area contributed by atoms with Crippen LogP contribution in [0.5, 0.6) is 0 Å². The highest BCUT2D eigenvalue weighted by molar-refractivity contribution is 5.53. The first-order valence-corrected chi connectivity index (χ1v) is 7.50. The summed E-state index contributed by atoms with van der Waals surface area (Å²) in [5.41, 5.74) is 0.535. The zero-order chi connectivity index (χ0) is 14.1. The minimum atomic E-state index is 0.268. The van der Waals surface area contributed by atoms with E-state index < -0.39 is 0 Å². The largest absolute Gasteiger partial charge is 0.264 e. The maximum atomic E-state index is 2.60. The summed E-state index contributed by atoms with van der Waals surface area (Å²) in [5.74, 6) is 0. The van der Waals surface area contributed by atoms with Gasteiger partial charge in [0.05, 0.1) is 12.1 Å². The Morgan fingerprint density at radius 1 is 0.889 bits per heavy atom. The average molecular weight is 253 g/mol. The van der Waals surface area contributed by atoms with Crippen LogP contribution in [0.15, 0.2) is 0 Å². The molecule has 1 aliphatic heterocycles. The van der Waals surface area contributed by atoms with Crippen LogP contribution in [0.2, 0.25) is 0 Å². The quantitative estimate of drug-likeness (QED) is 0.420.